The Morgan fingerprint density at radius 2 is 1.72 bits per heavy atom. The molecular weight excluding hydrogens is 394 g/mol. The van der Waals surface area contributed by atoms with E-state index in [2.05, 4.69) is 5.32 Å². The summed E-state index contributed by atoms with van der Waals surface area (Å²) in [6.45, 7) is 6.60. The molecule has 0 aliphatic carbocycles. The highest BCUT2D eigenvalue weighted by Crippen LogP contribution is 2.21. The lowest BCUT2D eigenvalue weighted by Gasteiger charge is -2.19. The molecule has 2 rings (SSSR count). The molecule has 2 aromatic carbocycles. The number of esters is 1. The minimum atomic E-state index is -3.99. The first-order valence-electron chi connectivity index (χ1n) is 9.14. The van der Waals surface area contributed by atoms with Crippen molar-refractivity contribution in [2.75, 3.05) is 0 Å². The van der Waals surface area contributed by atoms with Crippen LogP contribution in [0.15, 0.2) is 53.4 Å². The summed E-state index contributed by atoms with van der Waals surface area (Å²) in [5, 5.41) is 2.56. The Morgan fingerprint density at radius 1 is 1.07 bits per heavy atom. The predicted octanol–water partition coefficient (Wildman–Crippen LogP) is 2.76. The molecule has 0 fully saturated rings. The highest BCUT2D eigenvalue weighted by Gasteiger charge is 2.23. The van der Waals surface area contributed by atoms with Crippen LogP contribution in [-0.4, -0.2) is 32.4 Å². The smallest absolute Gasteiger partial charge is 0.339 e. The summed E-state index contributed by atoms with van der Waals surface area (Å²) < 4.78 is 35.3. The van der Waals surface area contributed by atoms with Crippen LogP contribution in [0.25, 0.3) is 0 Å². The van der Waals surface area contributed by atoms with Crippen LogP contribution < -0.4 is 9.50 Å². The lowest BCUT2D eigenvalue weighted by molar-refractivity contribution is -0.151. The monoisotopic (exact) mass is 419 g/mol. The molecule has 0 unspecified atom stereocenters. The van der Waals surface area contributed by atoms with E-state index in [4.69, 9.17) is 8.92 Å². The largest absolute Gasteiger partial charge is 0.461 e. The number of rotatable bonds is 8. The summed E-state index contributed by atoms with van der Waals surface area (Å²) in [5.41, 5.74) is 1.55. The van der Waals surface area contributed by atoms with Crippen LogP contribution in [0.2, 0.25) is 0 Å². The van der Waals surface area contributed by atoms with Crippen LogP contribution >= 0.6 is 0 Å². The van der Waals surface area contributed by atoms with Gasteiger partial charge in [-0.05, 0) is 50.6 Å². The number of hydrogen-bond donors (Lipinski definition) is 1. The lowest BCUT2D eigenvalue weighted by Crippen LogP contribution is -2.43. The molecule has 29 heavy (non-hydrogen) atoms. The standard InChI is InChI=1S/C21H25NO6S/c1-14(2)27-21(24)20(22-16(4)23)13-17-6-5-7-18(12-17)28-29(25,26)19-10-8-15(3)9-11-19/h5-12,14,20H,13H2,1-4H3,(H,22,23)/t20-/m0/s1. The summed E-state index contributed by atoms with van der Waals surface area (Å²) >= 11 is 0. The topological polar surface area (TPSA) is 98.8 Å². The molecule has 8 heteroatoms. The molecule has 1 atom stereocenters. The first-order valence-corrected chi connectivity index (χ1v) is 10.6. The van der Waals surface area contributed by atoms with Gasteiger partial charge in [0, 0.05) is 13.3 Å². The number of ether oxygens (including phenoxy) is 1. The minimum Gasteiger partial charge on any atom is -0.461 e. The van der Waals surface area contributed by atoms with Gasteiger partial charge in [0.15, 0.2) is 0 Å². The maximum absolute atomic E-state index is 12.5. The summed E-state index contributed by atoms with van der Waals surface area (Å²) in [4.78, 5) is 23.7. The highest BCUT2D eigenvalue weighted by molar-refractivity contribution is 7.87. The van der Waals surface area contributed by atoms with Crippen molar-refractivity contribution in [1.82, 2.24) is 5.32 Å². The average Bonchev–Trinajstić information content (AvgIpc) is 2.60. The summed E-state index contributed by atoms with van der Waals surface area (Å²) in [6.07, 6.45) is -0.194. The fraction of sp³-hybridized carbons (Fsp3) is 0.333. The lowest BCUT2D eigenvalue weighted by atomic mass is 10.1. The van der Waals surface area contributed by atoms with Crippen LogP contribution in [-0.2, 0) is 30.9 Å². The fourth-order valence-corrected chi connectivity index (χ4v) is 3.52. The second-order valence-electron chi connectivity index (χ2n) is 6.94. The molecule has 0 aliphatic rings. The molecule has 0 aromatic heterocycles. The highest BCUT2D eigenvalue weighted by atomic mass is 32.2. The van der Waals surface area contributed by atoms with Crippen LogP contribution in [0.4, 0.5) is 0 Å². The zero-order valence-corrected chi connectivity index (χ0v) is 17.7. The molecule has 2 aromatic rings. The van der Waals surface area contributed by atoms with Crippen molar-refractivity contribution in [3.8, 4) is 5.75 Å². The first kappa shape index (κ1) is 22.4. The van der Waals surface area contributed by atoms with Crippen LogP contribution in [0, 0.1) is 6.92 Å². The van der Waals surface area contributed by atoms with E-state index in [0.29, 0.717) is 5.56 Å². The maximum Gasteiger partial charge on any atom is 0.339 e. The van der Waals surface area contributed by atoms with Gasteiger partial charge in [0.25, 0.3) is 0 Å². The normalized spacial score (nSPS) is 12.3. The Labute approximate surface area is 171 Å². The van der Waals surface area contributed by atoms with E-state index >= 15 is 0 Å². The van der Waals surface area contributed by atoms with E-state index < -0.39 is 22.1 Å². The predicted molar refractivity (Wildman–Crippen MR) is 108 cm³/mol. The van der Waals surface area contributed by atoms with Gasteiger partial charge in [0.2, 0.25) is 5.91 Å². The molecule has 0 aliphatic heterocycles. The third-order valence-electron chi connectivity index (χ3n) is 3.87. The van der Waals surface area contributed by atoms with Crippen LogP contribution in [0.3, 0.4) is 0 Å². The number of carbonyl (C=O) groups excluding carboxylic acids is 2. The van der Waals surface area contributed by atoms with Crippen LogP contribution in [0.1, 0.15) is 31.9 Å². The van der Waals surface area contributed by atoms with Gasteiger partial charge in [-0.15, -0.1) is 0 Å². The number of aryl methyl sites for hydroxylation is 1. The molecular formula is C21H25NO6S. The van der Waals surface area contributed by atoms with Crippen molar-refractivity contribution in [3.63, 3.8) is 0 Å². The second kappa shape index (κ2) is 9.56. The molecule has 0 spiro atoms. The zero-order chi connectivity index (χ0) is 21.6. The molecule has 0 bridgehead atoms. The van der Waals surface area contributed by atoms with E-state index in [1.807, 2.05) is 6.92 Å². The molecule has 1 amide bonds. The third-order valence-corrected chi connectivity index (χ3v) is 5.13. The Hall–Kier alpha value is -2.87. The van der Waals surface area contributed by atoms with Crippen molar-refractivity contribution < 1.29 is 26.9 Å². The Kier molecular flexibility index (Phi) is 7.39. The van der Waals surface area contributed by atoms with Gasteiger partial charge in [0.1, 0.15) is 16.7 Å². The van der Waals surface area contributed by atoms with Crippen molar-refractivity contribution in [1.29, 1.82) is 0 Å². The molecule has 0 saturated carbocycles. The van der Waals surface area contributed by atoms with Crippen molar-refractivity contribution >= 4 is 22.0 Å². The molecule has 7 nitrogen and oxygen atoms in total. The number of hydrogen-bond acceptors (Lipinski definition) is 6. The van der Waals surface area contributed by atoms with Gasteiger partial charge in [-0.1, -0.05) is 29.8 Å². The second-order valence-corrected chi connectivity index (χ2v) is 8.49. The van der Waals surface area contributed by atoms with E-state index in [0.717, 1.165) is 5.56 Å². The van der Waals surface area contributed by atoms with Crippen molar-refractivity contribution in [3.05, 3.63) is 59.7 Å². The summed E-state index contributed by atoms with van der Waals surface area (Å²) in [7, 11) is -3.99. The Morgan fingerprint density at radius 3 is 2.31 bits per heavy atom. The van der Waals surface area contributed by atoms with Gasteiger partial charge in [-0.3, -0.25) is 4.79 Å². The van der Waals surface area contributed by atoms with E-state index in [9.17, 15) is 18.0 Å². The number of benzene rings is 2. The average molecular weight is 419 g/mol. The third kappa shape index (κ3) is 6.90. The number of nitrogens with one attached hydrogen (secondary N) is 1. The molecule has 0 saturated heterocycles. The number of amides is 1. The number of carbonyl (C=O) groups is 2. The van der Waals surface area contributed by atoms with Gasteiger partial charge in [0.05, 0.1) is 6.10 Å². The van der Waals surface area contributed by atoms with Crippen molar-refractivity contribution in [2.45, 2.75) is 51.2 Å². The van der Waals surface area contributed by atoms with Crippen LogP contribution in [0.5, 0.6) is 5.75 Å². The molecule has 156 valence electrons. The molecule has 0 radical (unpaired) electrons. The van der Waals surface area contributed by atoms with Gasteiger partial charge < -0.3 is 14.2 Å². The Bertz CT molecular complexity index is 967. The van der Waals surface area contributed by atoms with E-state index in [-0.39, 0.29) is 29.1 Å². The fourth-order valence-electron chi connectivity index (χ4n) is 2.59. The molecule has 0 heterocycles. The summed E-state index contributed by atoms with van der Waals surface area (Å²) in [6, 6.07) is 11.8. The van der Waals surface area contributed by atoms with Gasteiger partial charge in [-0.25, -0.2) is 4.79 Å². The SMILES string of the molecule is CC(=O)N[C@@H](Cc1cccc(OS(=O)(=O)c2ccc(C)cc2)c1)C(=O)OC(C)C. The van der Waals surface area contributed by atoms with Crippen molar-refractivity contribution in [2.24, 2.45) is 0 Å². The minimum absolute atomic E-state index is 0.0464. The molecule has 1 N–H and O–H groups in total. The maximum atomic E-state index is 12.5. The van der Waals surface area contributed by atoms with Gasteiger partial charge >= 0.3 is 16.1 Å². The summed E-state index contributed by atoms with van der Waals surface area (Å²) in [5.74, 6) is -0.819. The quantitative estimate of drug-likeness (QED) is 0.522. The zero-order valence-electron chi connectivity index (χ0n) is 16.8. The first-order chi connectivity index (χ1) is 13.6. The van der Waals surface area contributed by atoms with E-state index in [1.165, 1.54) is 31.2 Å². The van der Waals surface area contributed by atoms with E-state index in [1.54, 1.807) is 38.1 Å². The Balaban J connectivity index is 2.19. The van der Waals surface area contributed by atoms with Gasteiger partial charge in [-0.2, -0.15) is 8.42 Å².